The van der Waals surface area contributed by atoms with E-state index in [-0.39, 0.29) is 11.6 Å². The van der Waals surface area contributed by atoms with E-state index in [4.69, 9.17) is 4.98 Å². The van der Waals surface area contributed by atoms with E-state index >= 15 is 0 Å². The van der Waals surface area contributed by atoms with E-state index in [2.05, 4.69) is 34.7 Å². The van der Waals surface area contributed by atoms with Crippen molar-refractivity contribution in [3.05, 3.63) is 38.9 Å². The number of nitrogens with zero attached hydrogens (tertiary/aromatic N) is 3. The Balaban J connectivity index is 2.15. The number of halogens is 1. The molecule has 1 aromatic carbocycles. The summed E-state index contributed by atoms with van der Waals surface area (Å²) in [5.41, 5.74) is 0.912. The lowest BCUT2D eigenvalue weighted by Crippen LogP contribution is -2.38. The summed E-state index contributed by atoms with van der Waals surface area (Å²) in [5, 5.41) is 0.709. The van der Waals surface area contributed by atoms with Gasteiger partial charge < -0.3 is 0 Å². The topological polar surface area (TPSA) is 38.1 Å². The lowest BCUT2D eigenvalue weighted by atomic mass is 10.0. The summed E-state index contributed by atoms with van der Waals surface area (Å²) in [4.78, 5) is 20.7. The Morgan fingerprint density at radius 2 is 1.92 bits per heavy atom. The van der Waals surface area contributed by atoms with Crippen LogP contribution in [0, 0.1) is 0 Å². The number of aromatic nitrogens is 2. The first-order chi connectivity index (χ1) is 12.2. The zero-order valence-corrected chi connectivity index (χ0v) is 16.9. The molecule has 1 aromatic heterocycles. The Morgan fingerprint density at radius 1 is 1.16 bits per heavy atom. The molecule has 0 N–H and O–H groups in total. The molecule has 1 aliphatic heterocycles. The van der Waals surface area contributed by atoms with E-state index < -0.39 is 0 Å². The Kier molecular flexibility index (Phi) is 6.29. The summed E-state index contributed by atoms with van der Waals surface area (Å²) in [7, 11) is 0. The molecule has 0 spiro atoms. The van der Waals surface area contributed by atoms with Crippen molar-refractivity contribution >= 4 is 26.8 Å². The molecule has 0 bridgehead atoms. The second kappa shape index (κ2) is 8.45. The van der Waals surface area contributed by atoms with Crippen molar-refractivity contribution in [1.29, 1.82) is 0 Å². The fourth-order valence-electron chi connectivity index (χ4n) is 3.88. The first-order valence-corrected chi connectivity index (χ1v) is 10.4. The minimum Gasteiger partial charge on any atom is -0.295 e. The number of piperidine rings is 1. The van der Waals surface area contributed by atoms with Gasteiger partial charge in [-0.1, -0.05) is 42.6 Å². The molecule has 2 heterocycles. The largest absolute Gasteiger partial charge is 0.295 e. The smallest absolute Gasteiger partial charge is 0.261 e. The van der Waals surface area contributed by atoms with Gasteiger partial charge in [0.25, 0.3) is 5.56 Å². The number of rotatable bonds is 6. The maximum atomic E-state index is 13.2. The van der Waals surface area contributed by atoms with Gasteiger partial charge in [0.15, 0.2) is 0 Å². The monoisotopic (exact) mass is 405 g/mol. The predicted octanol–water partition coefficient (Wildman–Crippen LogP) is 4.90. The minimum atomic E-state index is 0.0984. The summed E-state index contributed by atoms with van der Waals surface area (Å²) >= 11 is 3.48. The maximum Gasteiger partial charge on any atom is 0.261 e. The SMILES string of the molecule is CCCC(c1nc2ccc(Br)cc2c(=O)n1CCC)N1CCCCC1. The minimum absolute atomic E-state index is 0.0984. The van der Waals surface area contributed by atoms with Gasteiger partial charge >= 0.3 is 0 Å². The second-order valence-electron chi connectivity index (χ2n) is 6.99. The first kappa shape index (κ1) is 18.6. The van der Waals surface area contributed by atoms with Gasteiger partial charge in [0.2, 0.25) is 0 Å². The highest BCUT2D eigenvalue weighted by Crippen LogP contribution is 2.28. The average molecular weight is 406 g/mol. The van der Waals surface area contributed by atoms with Gasteiger partial charge in [-0.2, -0.15) is 0 Å². The fourth-order valence-corrected chi connectivity index (χ4v) is 4.24. The molecule has 1 saturated heterocycles. The van der Waals surface area contributed by atoms with Crippen molar-refractivity contribution in [3.63, 3.8) is 0 Å². The lowest BCUT2D eigenvalue weighted by molar-refractivity contribution is 0.144. The third kappa shape index (κ3) is 3.98. The molecular formula is C20H28BrN3O. The number of hydrogen-bond acceptors (Lipinski definition) is 3. The predicted molar refractivity (Wildman–Crippen MR) is 107 cm³/mol. The van der Waals surface area contributed by atoms with Crippen LogP contribution < -0.4 is 5.56 Å². The van der Waals surface area contributed by atoms with E-state index in [0.717, 1.165) is 54.7 Å². The third-order valence-electron chi connectivity index (χ3n) is 5.08. The Hall–Kier alpha value is -1.20. The third-order valence-corrected chi connectivity index (χ3v) is 5.58. The summed E-state index contributed by atoms with van der Waals surface area (Å²) in [5.74, 6) is 0.963. The Bertz CT molecular complexity index is 780. The van der Waals surface area contributed by atoms with Crippen molar-refractivity contribution in [3.8, 4) is 0 Å². The van der Waals surface area contributed by atoms with Crippen molar-refractivity contribution in [2.75, 3.05) is 13.1 Å². The molecule has 25 heavy (non-hydrogen) atoms. The van der Waals surface area contributed by atoms with Crippen molar-refractivity contribution < 1.29 is 0 Å². The molecule has 1 unspecified atom stereocenters. The van der Waals surface area contributed by atoms with E-state index in [0.29, 0.717) is 5.39 Å². The van der Waals surface area contributed by atoms with Crippen molar-refractivity contribution in [2.24, 2.45) is 0 Å². The summed E-state index contributed by atoms with van der Waals surface area (Å²) in [6.45, 7) is 7.31. The molecule has 2 aromatic rings. The zero-order chi connectivity index (χ0) is 17.8. The van der Waals surface area contributed by atoms with Gasteiger partial charge in [-0.05, 0) is 57.0 Å². The Labute approximate surface area is 158 Å². The molecular weight excluding hydrogens is 378 g/mol. The number of fused-ring (bicyclic) bond motifs is 1. The van der Waals surface area contributed by atoms with Gasteiger partial charge in [0.05, 0.1) is 16.9 Å². The molecule has 0 aliphatic carbocycles. The highest BCUT2D eigenvalue weighted by molar-refractivity contribution is 9.10. The maximum absolute atomic E-state index is 13.2. The van der Waals surface area contributed by atoms with Crippen LogP contribution in [0.3, 0.4) is 0 Å². The van der Waals surface area contributed by atoms with E-state index in [9.17, 15) is 4.79 Å². The molecule has 1 aliphatic rings. The fraction of sp³-hybridized carbons (Fsp3) is 0.600. The Morgan fingerprint density at radius 3 is 2.60 bits per heavy atom. The zero-order valence-electron chi connectivity index (χ0n) is 15.3. The van der Waals surface area contributed by atoms with Gasteiger partial charge in [-0.15, -0.1) is 0 Å². The second-order valence-corrected chi connectivity index (χ2v) is 7.91. The molecule has 0 radical (unpaired) electrons. The summed E-state index contributed by atoms with van der Waals surface area (Å²) < 4.78 is 2.86. The van der Waals surface area contributed by atoms with E-state index in [1.54, 1.807) is 0 Å². The molecule has 3 rings (SSSR count). The molecule has 5 heteroatoms. The standard InChI is InChI=1S/C20H28BrN3O/c1-3-8-18(23-12-6-5-7-13-23)19-22-17-10-9-15(21)14-16(17)20(25)24(19)11-4-2/h9-10,14,18H,3-8,11-13H2,1-2H3. The van der Waals surface area contributed by atoms with E-state index in [1.807, 2.05) is 22.8 Å². The van der Waals surface area contributed by atoms with Gasteiger partial charge in [0.1, 0.15) is 5.82 Å². The van der Waals surface area contributed by atoms with Crippen LogP contribution in [-0.4, -0.2) is 27.5 Å². The van der Waals surface area contributed by atoms with Gasteiger partial charge in [-0.3, -0.25) is 14.3 Å². The van der Waals surface area contributed by atoms with Crippen LogP contribution in [0.2, 0.25) is 0 Å². The molecule has 1 fully saturated rings. The van der Waals surface area contributed by atoms with Crippen LogP contribution in [0.15, 0.2) is 27.5 Å². The number of benzene rings is 1. The number of likely N-dealkylation sites (tertiary alicyclic amines) is 1. The van der Waals surface area contributed by atoms with Crippen LogP contribution in [0.25, 0.3) is 10.9 Å². The summed E-state index contributed by atoms with van der Waals surface area (Å²) in [6, 6.07) is 6.08. The summed E-state index contributed by atoms with van der Waals surface area (Å²) in [6.07, 6.45) is 6.90. The molecule has 136 valence electrons. The van der Waals surface area contributed by atoms with Crippen LogP contribution in [0.4, 0.5) is 0 Å². The average Bonchev–Trinajstić information content (AvgIpc) is 2.63. The van der Waals surface area contributed by atoms with Crippen LogP contribution >= 0.6 is 15.9 Å². The first-order valence-electron chi connectivity index (χ1n) is 9.59. The molecule has 0 saturated carbocycles. The molecule has 4 nitrogen and oxygen atoms in total. The normalized spacial score (nSPS) is 17.1. The van der Waals surface area contributed by atoms with Gasteiger partial charge in [-0.25, -0.2) is 4.98 Å². The van der Waals surface area contributed by atoms with Crippen molar-refractivity contribution in [2.45, 2.75) is 65.0 Å². The van der Waals surface area contributed by atoms with Crippen LogP contribution in [0.5, 0.6) is 0 Å². The quantitative estimate of drug-likeness (QED) is 0.685. The van der Waals surface area contributed by atoms with Crippen molar-refractivity contribution in [1.82, 2.24) is 14.5 Å². The van der Waals surface area contributed by atoms with Crippen LogP contribution in [0.1, 0.15) is 64.2 Å². The van der Waals surface area contributed by atoms with Crippen LogP contribution in [-0.2, 0) is 6.54 Å². The molecule has 1 atom stereocenters. The van der Waals surface area contributed by atoms with E-state index in [1.165, 1.54) is 19.3 Å². The van der Waals surface area contributed by atoms with Gasteiger partial charge in [0, 0.05) is 11.0 Å². The lowest BCUT2D eigenvalue weighted by Gasteiger charge is -2.35. The number of hydrogen-bond donors (Lipinski definition) is 0. The highest BCUT2D eigenvalue weighted by Gasteiger charge is 2.26. The highest BCUT2D eigenvalue weighted by atomic mass is 79.9. The molecule has 0 amide bonds.